The van der Waals surface area contributed by atoms with Gasteiger partial charge in [0, 0.05) is 26.2 Å². The Hall–Kier alpha value is -3.23. The van der Waals surface area contributed by atoms with Crippen LogP contribution in [-0.4, -0.2) is 20.0 Å². The summed E-state index contributed by atoms with van der Waals surface area (Å²) in [5.41, 5.74) is -1.03. The Bertz CT molecular complexity index is 941. The molecule has 1 aromatic carbocycles. The summed E-state index contributed by atoms with van der Waals surface area (Å²) in [4.78, 5) is 46.1. The zero-order chi connectivity index (χ0) is 18.0. The van der Waals surface area contributed by atoms with E-state index in [1.165, 1.54) is 36.9 Å². The van der Waals surface area contributed by atoms with Gasteiger partial charge < -0.3 is 4.74 Å². The Morgan fingerprint density at radius 3 is 2.54 bits per heavy atom. The molecule has 0 atom stereocenters. The number of esters is 1. The normalized spacial score (nSPS) is 10.5. The third kappa shape index (κ3) is 3.09. The summed E-state index contributed by atoms with van der Waals surface area (Å²) in [6.07, 6.45) is 0. The van der Waals surface area contributed by atoms with E-state index in [1.807, 2.05) is 0 Å². The summed E-state index contributed by atoms with van der Waals surface area (Å²) < 4.78 is 7.15. The Morgan fingerprint density at radius 1 is 1.25 bits per heavy atom. The molecule has 9 nitrogen and oxygen atoms in total. The SMILES string of the molecule is Cc1cccc([N+](=O)[O-])c1C(=O)OCc1cc(=O)n(C)c(=O)n1C. The molecule has 0 aliphatic heterocycles. The van der Waals surface area contributed by atoms with Gasteiger partial charge in [-0.2, -0.15) is 0 Å². The highest BCUT2D eigenvalue weighted by Crippen LogP contribution is 2.23. The van der Waals surface area contributed by atoms with Crippen LogP contribution in [0.15, 0.2) is 33.9 Å². The summed E-state index contributed by atoms with van der Waals surface area (Å²) in [6.45, 7) is 1.20. The van der Waals surface area contributed by atoms with Crippen LogP contribution in [0.2, 0.25) is 0 Å². The molecule has 0 amide bonds. The van der Waals surface area contributed by atoms with Crippen LogP contribution in [0.1, 0.15) is 21.6 Å². The van der Waals surface area contributed by atoms with Gasteiger partial charge >= 0.3 is 11.7 Å². The maximum Gasteiger partial charge on any atom is 0.345 e. The van der Waals surface area contributed by atoms with Crippen molar-refractivity contribution in [1.82, 2.24) is 9.13 Å². The smallest absolute Gasteiger partial charge is 0.345 e. The Labute approximate surface area is 135 Å². The van der Waals surface area contributed by atoms with Crippen molar-refractivity contribution in [3.8, 4) is 0 Å². The number of nitrogens with zero attached hydrogens (tertiary/aromatic N) is 3. The molecule has 126 valence electrons. The van der Waals surface area contributed by atoms with Gasteiger partial charge in [-0.15, -0.1) is 0 Å². The Kier molecular flexibility index (Phi) is 4.63. The molecule has 0 saturated heterocycles. The maximum atomic E-state index is 12.2. The molecule has 0 unspecified atom stereocenters. The van der Waals surface area contributed by atoms with Crippen molar-refractivity contribution >= 4 is 11.7 Å². The minimum atomic E-state index is -0.895. The third-order valence-corrected chi connectivity index (χ3v) is 3.63. The number of benzene rings is 1. The van der Waals surface area contributed by atoms with Gasteiger partial charge in [-0.1, -0.05) is 12.1 Å². The summed E-state index contributed by atoms with van der Waals surface area (Å²) >= 11 is 0. The lowest BCUT2D eigenvalue weighted by molar-refractivity contribution is -0.385. The molecule has 0 aliphatic carbocycles. The molecule has 0 aliphatic rings. The van der Waals surface area contributed by atoms with Crippen LogP contribution in [0, 0.1) is 17.0 Å². The zero-order valence-corrected chi connectivity index (χ0v) is 13.3. The van der Waals surface area contributed by atoms with Crippen molar-refractivity contribution in [2.45, 2.75) is 13.5 Å². The number of ether oxygens (including phenoxy) is 1. The van der Waals surface area contributed by atoms with E-state index in [9.17, 15) is 24.5 Å². The average Bonchev–Trinajstić information content (AvgIpc) is 2.54. The third-order valence-electron chi connectivity index (χ3n) is 3.63. The topological polar surface area (TPSA) is 113 Å². The largest absolute Gasteiger partial charge is 0.455 e. The summed E-state index contributed by atoms with van der Waals surface area (Å²) in [7, 11) is 2.76. The lowest BCUT2D eigenvalue weighted by Gasteiger charge is -2.11. The van der Waals surface area contributed by atoms with Gasteiger partial charge in [-0.25, -0.2) is 9.59 Å². The van der Waals surface area contributed by atoms with E-state index in [-0.39, 0.29) is 23.6 Å². The minimum Gasteiger partial charge on any atom is -0.455 e. The fourth-order valence-electron chi connectivity index (χ4n) is 2.20. The maximum absolute atomic E-state index is 12.2. The first-order chi connectivity index (χ1) is 11.2. The fraction of sp³-hybridized carbons (Fsp3) is 0.267. The number of rotatable bonds is 4. The standard InChI is InChI=1S/C15H15N3O6/c1-9-5-4-6-11(18(22)23)13(9)14(20)24-8-10-7-12(19)17(3)15(21)16(10)2/h4-7H,8H2,1-3H3. The quantitative estimate of drug-likeness (QED) is 0.461. The average molecular weight is 333 g/mol. The Balaban J connectivity index is 2.32. The number of hydrogen-bond acceptors (Lipinski definition) is 6. The van der Waals surface area contributed by atoms with Crippen molar-refractivity contribution in [2.24, 2.45) is 14.1 Å². The molecule has 0 spiro atoms. The van der Waals surface area contributed by atoms with Gasteiger partial charge in [-0.05, 0) is 12.5 Å². The second-order valence-electron chi connectivity index (χ2n) is 5.18. The monoisotopic (exact) mass is 333 g/mol. The van der Waals surface area contributed by atoms with Crippen molar-refractivity contribution in [3.63, 3.8) is 0 Å². The highest BCUT2D eigenvalue weighted by atomic mass is 16.6. The molecule has 1 heterocycles. The molecule has 0 fully saturated rings. The van der Waals surface area contributed by atoms with E-state index in [0.29, 0.717) is 5.56 Å². The lowest BCUT2D eigenvalue weighted by Crippen LogP contribution is -2.38. The van der Waals surface area contributed by atoms with E-state index in [1.54, 1.807) is 13.0 Å². The first-order valence-electron chi connectivity index (χ1n) is 6.91. The van der Waals surface area contributed by atoms with Crippen molar-refractivity contribution in [2.75, 3.05) is 0 Å². The molecular weight excluding hydrogens is 318 g/mol. The highest BCUT2D eigenvalue weighted by Gasteiger charge is 2.23. The first kappa shape index (κ1) is 17.1. The van der Waals surface area contributed by atoms with E-state index >= 15 is 0 Å². The van der Waals surface area contributed by atoms with Crippen LogP contribution in [0.4, 0.5) is 5.69 Å². The molecule has 0 bridgehead atoms. The van der Waals surface area contributed by atoms with Gasteiger partial charge in [0.15, 0.2) is 0 Å². The van der Waals surface area contributed by atoms with E-state index in [0.717, 1.165) is 4.57 Å². The summed E-state index contributed by atoms with van der Waals surface area (Å²) in [6, 6.07) is 5.39. The van der Waals surface area contributed by atoms with E-state index in [4.69, 9.17) is 4.74 Å². The van der Waals surface area contributed by atoms with E-state index in [2.05, 4.69) is 0 Å². The summed E-state index contributed by atoms with van der Waals surface area (Å²) in [5, 5.41) is 11.0. The van der Waals surface area contributed by atoms with Crippen LogP contribution in [-0.2, 0) is 25.4 Å². The number of nitro benzene ring substituents is 1. The molecule has 24 heavy (non-hydrogen) atoms. The molecule has 0 N–H and O–H groups in total. The van der Waals surface area contributed by atoms with E-state index < -0.39 is 22.1 Å². The van der Waals surface area contributed by atoms with Gasteiger partial charge in [0.25, 0.3) is 11.2 Å². The number of carbonyl (C=O) groups is 1. The molecule has 1 aromatic heterocycles. The fourth-order valence-corrected chi connectivity index (χ4v) is 2.20. The number of aryl methyl sites for hydroxylation is 1. The van der Waals surface area contributed by atoms with Crippen molar-refractivity contribution in [3.05, 3.63) is 72.0 Å². The van der Waals surface area contributed by atoms with Crippen LogP contribution in [0.3, 0.4) is 0 Å². The van der Waals surface area contributed by atoms with Crippen molar-refractivity contribution < 1.29 is 14.5 Å². The number of nitro groups is 1. The molecule has 2 aromatic rings. The molecule has 0 saturated carbocycles. The predicted octanol–water partition coefficient (Wildman–Crippen LogP) is 0.658. The predicted molar refractivity (Wildman–Crippen MR) is 83.9 cm³/mol. The van der Waals surface area contributed by atoms with Crippen LogP contribution < -0.4 is 11.2 Å². The minimum absolute atomic E-state index is 0.156. The van der Waals surface area contributed by atoms with Crippen LogP contribution in [0.5, 0.6) is 0 Å². The van der Waals surface area contributed by atoms with Crippen molar-refractivity contribution in [1.29, 1.82) is 0 Å². The van der Waals surface area contributed by atoms with Gasteiger partial charge in [0.2, 0.25) is 0 Å². The lowest BCUT2D eigenvalue weighted by atomic mass is 10.1. The molecule has 2 rings (SSSR count). The number of hydrogen-bond donors (Lipinski definition) is 0. The first-order valence-corrected chi connectivity index (χ1v) is 6.91. The highest BCUT2D eigenvalue weighted by molar-refractivity contribution is 5.95. The summed E-state index contributed by atoms with van der Waals surface area (Å²) in [5.74, 6) is -0.895. The van der Waals surface area contributed by atoms with Gasteiger partial charge in [-0.3, -0.25) is 24.0 Å². The molecule has 9 heteroatoms. The second-order valence-corrected chi connectivity index (χ2v) is 5.18. The van der Waals surface area contributed by atoms with Gasteiger partial charge in [0.1, 0.15) is 12.2 Å². The van der Waals surface area contributed by atoms with Gasteiger partial charge in [0.05, 0.1) is 10.6 Å². The number of carbonyl (C=O) groups excluding carboxylic acids is 1. The Morgan fingerprint density at radius 2 is 1.92 bits per heavy atom. The molecular formula is C15H15N3O6. The number of aromatic nitrogens is 2. The molecule has 0 radical (unpaired) electrons. The van der Waals surface area contributed by atoms with Crippen LogP contribution >= 0.6 is 0 Å². The zero-order valence-electron chi connectivity index (χ0n) is 13.3. The van der Waals surface area contributed by atoms with Crippen LogP contribution in [0.25, 0.3) is 0 Å². The second kappa shape index (κ2) is 6.49.